The fourth-order valence-corrected chi connectivity index (χ4v) is 2.40. The lowest BCUT2D eigenvalue weighted by Gasteiger charge is -2.22. The van der Waals surface area contributed by atoms with Crippen LogP contribution in [0.15, 0.2) is 35.1 Å². The molecule has 0 unspecified atom stereocenters. The lowest BCUT2D eigenvalue weighted by atomic mass is 10.1. The largest absolute Gasteiger partial charge is 0.389 e. The number of benzene rings is 1. The molecule has 0 aliphatic carbocycles. The number of thiocarbonyl (C=S) groups is 1. The van der Waals surface area contributed by atoms with Gasteiger partial charge >= 0.3 is 0 Å². The SMILES string of the molecule is CN(Cc1nccn1C)c1cc(Br)ccc1C(N)=S. The Morgan fingerprint density at radius 1 is 1.53 bits per heavy atom. The zero-order valence-corrected chi connectivity index (χ0v) is 13.2. The zero-order chi connectivity index (χ0) is 14.0. The van der Waals surface area contributed by atoms with Gasteiger partial charge in [0, 0.05) is 42.2 Å². The van der Waals surface area contributed by atoms with Gasteiger partial charge in [0.2, 0.25) is 0 Å². The van der Waals surface area contributed by atoms with Crippen molar-refractivity contribution in [3.05, 3.63) is 46.5 Å². The molecule has 2 N–H and O–H groups in total. The molecule has 0 radical (unpaired) electrons. The van der Waals surface area contributed by atoms with Gasteiger partial charge in [-0.1, -0.05) is 28.1 Å². The van der Waals surface area contributed by atoms with E-state index in [1.165, 1.54) is 0 Å². The minimum atomic E-state index is 0.397. The molecule has 1 aromatic carbocycles. The minimum absolute atomic E-state index is 0.397. The maximum absolute atomic E-state index is 5.77. The average Bonchev–Trinajstić information content (AvgIpc) is 2.74. The van der Waals surface area contributed by atoms with E-state index in [1.54, 1.807) is 6.20 Å². The van der Waals surface area contributed by atoms with Crippen LogP contribution in [0.1, 0.15) is 11.4 Å². The van der Waals surface area contributed by atoms with Crippen molar-refractivity contribution in [1.82, 2.24) is 9.55 Å². The fourth-order valence-electron chi connectivity index (χ4n) is 1.88. The van der Waals surface area contributed by atoms with Crippen molar-refractivity contribution >= 4 is 38.8 Å². The summed E-state index contributed by atoms with van der Waals surface area (Å²) < 4.78 is 2.99. The Morgan fingerprint density at radius 3 is 2.84 bits per heavy atom. The summed E-state index contributed by atoms with van der Waals surface area (Å²) in [5.41, 5.74) is 7.64. The van der Waals surface area contributed by atoms with Gasteiger partial charge in [0.15, 0.2) is 0 Å². The van der Waals surface area contributed by atoms with Crippen LogP contribution >= 0.6 is 28.1 Å². The van der Waals surface area contributed by atoms with Crippen LogP contribution in [-0.2, 0) is 13.6 Å². The van der Waals surface area contributed by atoms with Gasteiger partial charge in [-0.2, -0.15) is 0 Å². The van der Waals surface area contributed by atoms with E-state index < -0.39 is 0 Å². The summed E-state index contributed by atoms with van der Waals surface area (Å²) in [4.78, 5) is 6.81. The number of hydrogen-bond acceptors (Lipinski definition) is 3. The Bertz CT molecular complexity index is 608. The number of aromatic nitrogens is 2. The molecule has 0 spiro atoms. The summed E-state index contributed by atoms with van der Waals surface area (Å²) in [6.07, 6.45) is 3.72. The quantitative estimate of drug-likeness (QED) is 0.870. The first-order valence-corrected chi connectivity index (χ1v) is 6.96. The number of anilines is 1. The first-order valence-electron chi connectivity index (χ1n) is 5.75. The van der Waals surface area contributed by atoms with E-state index in [0.717, 1.165) is 21.5 Å². The van der Waals surface area contributed by atoms with Crippen molar-refractivity contribution in [2.45, 2.75) is 6.54 Å². The van der Waals surface area contributed by atoms with Crippen LogP contribution in [0.25, 0.3) is 0 Å². The average molecular weight is 339 g/mol. The standard InChI is InChI=1S/C13H15BrN4S/c1-17-6-5-16-12(17)8-18(2)11-7-9(14)3-4-10(11)13(15)19/h3-7H,8H2,1-2H3,(H2,15,19). The molecule has 19 heavy (non-hydrogen) atoms. The second kappa shape index (κ2) is 5.71. The Kier molecular flexibility index (Phi) is 4.21. The highest BCUT2D eigenvalue weighted by atomic mass is 79.9. The molecular weight excluding hydrogens is 324 g/mol. The van der Waals surface area contributed by atoms with E-state index in [4.69, 9.17) is 18.0 Å². The minimum Gasteiger partial charge on any atom is -0.389 e. The van der Waals surface area contributed by atoms with Crippen molar-refractivity contribution in [2.24, 2.45) is 12.8 Å². The van der Waals surface area contributed by atoms with Gasteiger partial charge in [-0.15, -0.1) is 0 Å². The molecule has 0 fully saturated rings. The number of imidazole rings is 1. The number of nitrogens with two attached hydrogens (primary N) is 1. The van der Waals surface area contributed by atoms with Crippen molar-refractivity contribution < 1.29 is 0 Å². The maximum atomic E-state index is 5.77. The van der Waals surface area contributed by atoms with Crippen LogP contribution in [0.4, 0.5) is 5.69 Å². The third-order valence-corrected chi connectivity index (χ3v) is 3.65. The van der Waals surface area contributed by atoms with Gasteiger partial charge in [-0.3, -0.25) is 0 Å². The van der Waals surface area contributed by atoms with E-state index in [1.807, 2.05) is 43.1 Å². The summed E-state index contributed by atoms with van der Waals surface area (Å²) in [5, 5.41) is 0. The summed E-state index contributed by atoms with van der Waals surface area (Å²) in [7, 11) is 3.98. The predicted molar refractivity (Wildman–Crippen MR) is 85.3 cm³/mol. The van der Waals surface area contributed by atoms with E-state index in [9.17, 15) is 0 Å². The van der Waals surface area contributed by atoms with Crippen molar-refractivity contribution in [3.8, 4) is 0 Å². The van der Waals surface area contributed by atoms with Crippen molar-refractivity contribution in [2.75, 3.05) is 11.9 Å². The Hall–Kier alpha value is -1.40. The first kappa shape index (κ1) is 14.0. The van der Waals surface area contributed by atoms with E-state index in [2.05, 4.69) is 25.8 Å². The Morgan fingerprint density at radius 2 is 2.26 bits per heavy atom. The van der Waals surface area contributed by atoms with E-state index >= 15 is 0 Å². The number of rotatable bonds is 4. The monoisotopic (exact) mass is 338 g/mol. The molecule has 0 saturated carbocycles. The molecule has 2 aromatic rings. The second-order valence-corrected chi connectivity index (χ2v) is 5.69. The summed E-state index contributed by atoms with van der Waals surface area (Å²) >= 11 is 8.58. The summed E-state index contributed by atoms with van der Waals surface area (Å²) in [6, 6.07) is 5.88. The predicted octanol–water partition coefficient (Wildman–Crippen LogP) is 2.45. The third kappa shape index (κ3) is 3.13. The molecule has 1 aromatic heterocycles. The molecule has 0 aliphatic rings. The molecular formula is C13H15BrN4S. The highest BCUT2D eigenvalue weighted by Crippen LogP contribution is 2.25. The molecule has 2 rings (SSSR count). The molecule has 0 bridgehead atoms. The first-order chi connectivity index (χ1) is 8.99. The Labute approximate surface area is 126 Å². The van der Waals surface area contributed by atoms with E-state index in [-0.39, 0.29) is 0 Å². The van der Waals surface area contributed by atoms with Gasteiger partial charge in [-0.05, 0) is 18.2 Å². The lowest BCUT2D eigenvalue weighted by molar-refractivity contribution is 0.761. The number of halogens is 1. The normalized spacial score (nSPS) is 10.5. The molecule has 0 saturated heterocycles. The van der Waals surface area contributed by atoms with E-state index in [0.29, 0.717) is 11.5 Å². The van der Waals surface area contributed by atoms with Gasteiger partial charge in [-0.25, -0.2) is 4.98 Å². The molecule has 1 heterocycles. The highest BCUT2D eigenvalue weighted by Gasteiger charge is 2.12. The molecule has 6 heteroatoms. The van der Waals surface area contributed by atoms with Gasteiger partial charge in [0.05, 0.1) is 6.54 Å². The highest BCUT2D eigenvalue weighted by molar-refractivity contribution is 9.10. The van der Waals surface area contributed by atoms with Crippen molar-refractivity contribution in [3.63, 3.8) is 0 Å². The molecule has 4 nitrogen and oxygen atoms in total. The third-order valence-electron chi connectivity index (χ3n) is 2.94. The maximum Gasteiger partial charge on any atom is 0.127 e. The zero-order valence-electron chi connectivity index (χ0n) is 10.8. The molecule has 0 amide bonds. The van der Waals surface area contributed by atoms with Crippen LogP contribution < -0.4 is 10.6 Å². The van der Waals surface area contributed by atoms with Crippen molar-refractivity contribution in [1.29, 1.82) is 0 Å². The lowest BCUT2D eigenvalue weighted by Crippen LogP contribution is -2.23. The van der Waals surface area contributed by atoms with Gasteiger partial charge < -0.3 is 15.2 Å². The molecule has 0 aliphatic heterocycles. The van der Waals surface area contributed by atoms with Crippen LogP contribution in [0.2, 0.25) is 0 Å². The topological polar surface area (TPSA) is 47.1 Å². The fraction of sp³-hybridized carbons (Fsp3) is 0.231. The Balaban J connectivity index is 2.32. The van der Waals surface area contributed by atoms with Gasteiger partial charge in [0.1, 0.15) is 10.8 Å². The summed E-state index contributed by atoms with van der Waals surface area (Å²) in [5.74, 6) is 0.983. The summed E-state index contributed by atoms with van der Waals surface area (Å²) in [6.45, 7) is 0.690. The smallest absolute Gasteiger partial charge is 0.127 e. The van der Waals surface area contributed by atoms with Crippen LogP contribution in [0, 0.1) is 0 Å². The number of hydrogen-bond donors (Lipinski definition) is 1. The van der Waals surface area contributed by atoms with Crippen LogP contribution in [-0.4, -0.2) is 21.6 Å². The number of nitrogens with zero attached hydrogens (tertiary/aromatic N) is 3. The number of aryl methyl sites for hydroxylation is 1. The van der Waals surface area contributed by atoms with Gasteiger partial charge in [0.25, 0.3) is 0 Å². The van der Waals surface area contributed by atoms with Crippen LogP contribution in [0.5, 0.6) is 0 Å². The van der Waals surface area contributed by atoms with Crippen LogP contribution in [0.3, 0.4) is 0 Å². The molecule has 0 atom stereocenters. The second-order valence-electron chi connectivity index (χ2n) is 4.34. The molecule has 100 valence electrons.